The van der Waals surface area contributed by atoms with Crippen molar-refractivity contribution in [1.29, 1.82) is 0 Å². The number of rotatable bonds is 11. The molecule has 0 spiro atoms. The lowest BCUT2D eigenvalue weighted by molar-refractivity contribution is -0.140. The third-order valence-electron chi connectivity index (χ3n) is 5.52. The molecule has 0 saturated heterocycles. The van der Waals surface area contributed by atoms with Crippen molar-refractivity contribution in [1.82, 2.24) is 10.2 Å². The number of anilines is 1. The predicted molar refractivity (Wildman–Crippen MR) is 150 cm³/mol. The molecule has 2 aromatic rings. The molecule has 7 nitrogen and oxygen atoms in total. The molecule has 2 aromatic carbocycles. The fraction of sp³-hybridized carbons (Fsp3) is 0.417. The average Bonchev–Trinajstić information content (AvgIpc) is 2.79. The van der Waals surface area contributed by atoms with Crippen LogP contribution in [0, 0.1) is 3.57 Å². The molecule has 0 bridgehead atoms. The van der Waals surface area contributed by atoms with Gasteiger partial charge in [0.1, 0.15) is 12.6 Å². The molecule has 0 unspecified atom stereocenters. The number of sulfonamides is 1. The summed E-state index contributed by atoms with van der Waals surface area (Å²) in [5, 5.41) is 3.63. The Morgan fingerprint density at radius 3 is 2.17 bits per heavy atom. The summed E-state index contributed by atoms with van der Waals surface area (Å²) in [5.41, 5.74) is 1.04. The van der Waals surface area contributed by atoms with E-state index in [1.54, 1.807) is 42.5 Å². The Bertz CT molecular complexity index is 1150. The summed E-state index contributed by atoms with van der Waals surface area (Å²) < 4.78 is 27.2. The highest BCUT2D eigenvalue weighted by Crippen LogP contribution is 2.25. The monoisotopic (exact) mass is 653 g/mol. The topological polar surface area (TPSA) is 86.8 Å². The van der Waals surface area contributed by atoms with E-state index in [0.717, 1.165) is 20.6 Å². The molecule has 2 rings (SSSR count). The minimum absolute atomic E-state index is 0.0619. The molecule has 0 aromatic heterocycles. The summed E-state index contributed by atoms with van der Waals surface area (Å²) >= 11 is 14.3. The van der Waals surface area contributed by atoms with E-state index in [0.29, 0.717) is 27.7 Å². The maximum atomic E-state index is 13.6. The second-order valence-corrected chi connectivity index (χ2v) is 12.2. The summed E-state index contributed by atoms with van der Waals surface area (Å²) in [7, 11) is -3.78. The third-order valence-corrected chi connectivity index (χ3v) is 8.12. The van der Waals surface area contributed by atoms with Crippen LogP contribution in [0.15, 0.2) is 42.5 Å². The summed E-state index contributed by atoms with van der Waals surface area (Å²) in [6.45, 7) is 5.26. The van der Waals surface area contributed by atoms with Crippen LogP contribution in [0.4, 0.5) is 5.69 Å². The first-order valence-corrected chi connectivity index (χ1v) is 14.8. The summed E-state index contributed by atoms with van der Waals surface area (Å²) in [6.07, 6.45) is 2.13. The smallest absolute Gasteiger partial charge is 0.244 e. The first-order chi connectivity index (χ1) is 16.4. The van der Waals surface area contributed by atoms with Crippen molar-refractivity contribution in [3.63, 3.8) is 0 Å². The van der Waals surface area contributed by atoms with Gasteiger partial charge in [-0.25, -0.2) is 8.42 Å². The minimum Gasteiger partial charge on any atom is -0.352 e. The maximum Gasteiger partial charge on any atom is 0.244 e. The zero-order valence-corrected chi connectivity index (χ0v) is 24.6. The van der Waals surface area contributed by atoms with E-state index in [1.807, 2.05) is 20.8 Å². The number of benzene rings is 2. The maximum absolute atomic E-state index is 13.6. The molecule has 0 fully saturated rings. The van der Waals surface area contributed by atoms with Crippen LogP contribution in [-0.2, 0) is 26.2 Å². The Morgan fingerprint density at radius 2 is 1.66 bits per heavy atom. The molecule has 35 heavy (non-hydrogen) atoms. The van der Waals surface area contributed by atoms with Gasteiger partial charge in [0.15, 0.2) is 0 Å². The number of carbonyl (C=O) groups excluding carboxylic acids is 2. The second-order valence-electron chi connectivity index (χ2n) is 8.26. The summed E-state index contributed by atoms with van der Waals surface area (Å²) in [5.74, 6) is -0.804. The lowest BCUT2D eigenvalue weighted by Crippen LogP contribution is -2.53. The van der Waals surface area contributed by atoms with Gasteiger partial charge in [0.05, 0.1) is 22.0 Å². The van der Waals surface area contributed by atoms with E-state index in [1.165, 1.54) is 4.90 Å². The van der Waals surface area contributed by atoms with Crippen molar-refractivity contribution in [2.24, 2.45) is 0 Å². The number of hydrogen-bond acceptors (Lipinski definition) is 4. The lowest BCUT2D eigenvalue weighted by Gasteiger charge is -2.33. The SMILES string of the molecule is CC[C@@H](C)NC(=O)[C@H](CC)N(Cc1ccc(Cl)c(Cl)c1)C(=O)CN(c1ccc(I)cc1)S(C)(=O)=O. The van der Waals surface area contributed by atoms with Crippen LogP contribution in [-0.4, -0.2) is 50.0 Å². The second kappa shape index (κ2) is 13.1. The van der Waals surface area contributed by atoms with Crippen LogP contribution >= 0.6 is 45.8 Å². The van der Waals surface area contributed by atoms with Crippen LogP contribution in [0.25, 0.3) is 0 Å². The van der Waals surface area contributed by atoms with Gasteiger partial charge >= 0.3 is 0 Å². The fourth-order valence-corrected chi connectivity index (χ4v) is 4.95. The van der Waals surface area contributed by atoms with Crippen molar-refractivity contribution in [3.8, 4) is 0 Å². The Kier molecular flexibility index (Phi) is 11.1. The molecule has 2 atom stereocenters. The number of carbonyl (C=O) groups is 2. The van der Waals surface area contributed by atoms with Crippen molar-refractivity contribution in [2.75, 3.05) is 17.1 Å². The van der Waals surface area contributed by atoms with E-state index in [9.17, 15) is 18.0 Å². The highest BCUT2D eigenvalue weighted by molar-refractivity contribution is 14.1. The van der Waals surface area contributed by atoms with Crippen LogP contribution in [0.3, 0.4) is 0 Å². The van der Waals surface area contributed by atoms with Crippen LogP contribution in [0.2, 0.25) is 10.0 Å². The van der Waals surface area contributed by atoms with E-state index >= 15 is 0 Å². The van der Waals surface area contributed by atoms with E-state index in [-0.39, 0.29) is 18.5 Å². The largest absolute Gasteiger partial charge is 0.352 e. The lowest BCUT2D eigenvalue weighted by atomic mass is 10.1. The van der Waals surface area contributed by atoms with Crippen LogP contribution in [0.1, 0.15) is 39.2 Å². The minimum atomic E-state index is -3.78. The van der Waals surface area contributed by atoms with Crippen molar-refractivity contribution >= 4 is 73.3 Å². The van der Waals surface area contributed by atoms with Gasteiger partial charge in [-0.2, -0.15) is 0 Å². The molecule has 0 radical (unpaired) electrons. The first-order valence-electron chi connectivity index (χ1n) is 11.1. The number of nitrogens with one attached hydrogen (secondary N) is 1. The molecule has 0 aliphatic heterocycles. The molecule has 11 heteroatoms. The fourth-order valence-electron chi connectivity index (χ4n) is 3.42. The van der Waals surface area contributed by atoms with Crippen molar-refractivity contribution in [3.05, 3.63) is 61.6 Å². The molecule has 0 aliphatic rings. The van der Waals surface area contributed by atoms with E-state index in [2.05, 4.69) is 27.9 Å². The van der Waals surface area contributed by atoms with Crippen molar-refractivity contribution < 1.29 is 18.0 Å². The molecule has 0 aliphatic carbocycles. The van der Waals surface area contributed by atoms with Gasteiger partial charge in [0.2, 0.25) is 21.8 Å². The summed E-state index contributed by atoms with van der Waals surface area (Å²) in [6, 6.07) is 10.9. The highest BCUT2D eigenvalue weighted by Gasteiger charge is 2.32. The quantitative estimate of drug-likeness (QED) is 0.343. The average molecular weight is 654 g/mol. The molecule has 0 heterocycles. The Labute approximate surface area is 231 Å². The van der Waals surface area contributed by atoms with E-state index in [4.69, 9.17) is 23.2 Å². The van der Waals surface area contributed by atoms with Gasteiger partial charge in [-0.1, -0.05) is 43.1 Å². The third kappa shape index (κ3) is 8.51. The van der Waals surface area contributed by atoms with Gasteiger partial charge in [-0.3, -0.25) is 13.9 Å². The zero-order chi connectivity index (χ0) is 26.3. The van der Waals surface area contributed by atoms with Gasteiger partial charge in [-0.15, -0.1) is 0 Å². The highest BCUT2D eigenvalue weighted by atomic mass is 127. The number of hydrogen-bond donors (Lipinski definition) is 1. The molecular formula is C24H30Cl2IN3O4S. The number of nitrogens with zero attached hydrogens (tertiary/aromatic N) is 2. The Balaban J connectivity index is 2.45. The van der Waals surface area contributed by atoms with Crippen LogP contribution < -0.4 is 9.62 Å². The van der Waals surface area contributed by atoms with Crippen LogP contribution in [0.5, 0.6) is 0 Å². The van der Waals surface area contributed by atoms with E-state index < -0.39 is 28.5 Å². The standard InChI is InChI=1S/C24H30Cl2IN3O4S/c1-5-16(3)28-24(32)22(6-2)29(14-17-7-12-20(25)21(26)13-17)23(31)15-30(35(4,33)34)19-10-8-18(27)9-11-19/h7-13,16,22H,5-6,14-15H2,1-4H3,(H,28,32)/t16-,22+/m1/s1. The molecular weight excluding hydrogens is 624 g/mol. The van der Waals surface area contributed by atoms with Gasteiger partial charge < -0.3 is 10.2 Å². The number of amides is 2. The first kappa shape index (κ1) is 29.7. The van der Waals surface area contributed by atoms with Crippen molar-refractivity contribution in [2.45, 2.75) is 52.2 Å². The molecule has 2 amide bonds. The normalized spacial score (nSPS) is 13.1. The number of halogens is 3. The van der Waals surface area contributed by atoms with Gasteiger partial charge in [0, 0.05) is 16.2 Å². The predicted octanol–water partition coefficient (Wildman–Crippen LogP) is 5.09. The van der Waals surface area contributed by atoms with Gasteiger partial charge in [-0.05, 0) is 84.3 Å². The molecule has 192 valence electrons. The Hall–Kier alpha value is -1.56. The Morgan fingerprint density at radius 1 is 1.03 bits per heavy atom. The summed E-state index contributed by atoms with van der Waals surface area (Å²) in [4.78, 5) is 28.1. The zero-order valence-electron chi connectivity index (χ0n) is 20.1. The molecule has 1 N–H and O–H groups in total. The molecule has 0 saturated carbocycles. The van der Waals surface area contributed by atoms with Gasteiger partial charge in [0.25, 0.3) is 0 Å².